The summed E-state index contributed by atoms with van der Waals surface area (Å²) in [5.41, 5.74) is 0.753. The maximum absolute atomic E-state index is 13.4. The van der Waals surface area contributed by atoms with Crippen LogP contribution in [0.1, 0.15) is 5.56 Å². The van der Waals surface area contributed by atoms with Gasteiger partial charge in [0.1, 0.15) is 17.7 Å². The van der Waals surface area contributed by atoms with Gasteiger partial charge in [0.25, 0.3) is 0 Å². The van der Waals surface area contributed by atoms with Gasteiger partial charge in [-0.15, -0.1) is 0 Å². The van der Waals surface area contributed by atoms with E-state index in [9.17, 15) is 8.78 Å². The van der Waals surface area contributed by atoms with Crippen LogP contribution in [0.3, 0.4) is 0 Å². The fourth-order valence-corrected chi connectivity index (χ4v) is 1.43. The molecule has 0 amide bonds. The van der Waals surface area contributed by atoms with Crippen molar-refractivity contribution in [3.05, 3.63) is 59.7 Å². The normalized spacial score (nSPS) is 9.71. The van der Waals surface area contributed by atoms with E-state index in [-0.39, 0.29) is 11.3 Å². The highest BCUT2D eigenvalue weighted by Gasteiger charge is 2.06. The summed E-state index contributed by atoms with van der Waals surface area (Å²) in [6.07, 6.45) is 0. The molecule has 2 nitrogen and oxygen atoms in total. The average molecular weight is 230 g/mol. The minimum Gasteiger partial charge on any atom is -0.352 e. The number of benzene rings is 2. The lowest BCUT2D eigenvalue weighted by molar-refractivity contribution is 0.627. The average Bonchev–Trinajstić information content (AvgIpc) is 2.34. The Morgan fingerprint density at radius 3 is 2.47 bits per heavy atom. The van der Waals surface area contributed by atoms with Crippen LogP contribution in [0.4, 0.5) is 20.2 Å². The Morgan fingerprint density at radius 2 is 1.76 bits per heavy atom. The molecule has 0 aromatic heterocycles. The summed E-state index contributed by atoms with van der Waals surface area (Å²) in [5, 5.41) is 11.6. The van der Waals surface area contributed by atoms with Gasteiger partial charge in [-0.05, 0) is 30.3 Å². The lowest BCUT2D eigenvalue weighted by atomic mass is 10.2. The van der Waals surface area contributed by atoms with Gasteiger partial charge >= 0.3 is 0 Å². The third-order valence-corrected chi connectivity index (χ3v) is 2.25. The molecule has 0 bridgehead atoms. The fraction of sp³-hybridized carbons (Fsp3) is 0. The maximum Gasteiger partial charge on any atom is 0.146 e. The van der Waals surface area contributed by atoms with Crippen molar-refractivity contribution in [3.8, 4) is 6.07 Å². The topological polar surface area (TPSA) is 35.8 Å². The van der Waals surface area contributed by atoms with Crippen LogP contribution < -0.4 is 5.32 Å². The molecule has 0 aliphatic rings. The van der Waals surface area contributed by atoms with Crippen LogP contribution in [0.25, 0.3) is 0 Å². The van der Waals surface area contributed by atoms with Gasteiger partial charge < -0.3 is 5.32 Å². The number of nitrogens with one attached hydrogen (secondary N) is 1. The van der Waals surface area contributed by atoms with Crippen LogP contribution >= 0.6 is 0 Å². The van der Waals surface area contributed by atoms with Crippen molar-refractivity contribution in [2.24, 2.45) is 0 Å². The summed E-state index contributed by atoms with van der Waals surface area (Å²) in [5.74, 6) is -0.929. The highest BCUT2D eigenvalue weighted by atomic mass is 19.1. The molecule has 0 radical (unpaired) electrons. The summed E-state index contributed by atoms with van der Waals surface area (Å²) >= 11 is 0. The zero-order valence-corrected chi connectivity index (χ0v) is 8.74. The molecule has 2 rings (SSSR count). The van der Waals surface area contributed by atoms with E-state index in [4.69, 9.17) is 5.26 Å². The quantitative estimate of drug-likeness (QED) is 0.855. The predicted molar refractivity (Wildman–Crippen MR) is 60.8 cm³/mol. The first kappa shape index (κ1) is 11.1. The van der Waals surface area contributed by atoms with Crippen molar-refractivity contribution in [1.29, 1.82) is 5.26 Å². The van der Waals surface area contributed by atoms with Crippen LogP contribution in [-0.4, -0.2) is 0 Å². The number of para-hydroxylation sites is 1. The van der Waals surface area contributed by atoms with E-state index in [1.165, 1.54) is 18.2 Å². The van der Waals surface area contributed by atoms with Crippen LogP contribution in [-0.2, 0) is 0 Å². The number of nitriles is 1. The van der Waals surface area contributed by atoms with E-state index in [1.807, 2.05) is 6.07 Å². The van der Waals surface area contributed by atoms with E-state index in [1.54, 1.807) is 18.2 Å². The number of hydrogen-bond acceptors (Lipinski definition) is 2. The summed E-state index contributed by atoms with van der Waals surface area (Å²) < 4.78 is 26.3. The van der Waals surface area contributed by atoms with E-state index in [2.05, 4.69) is 5.32 Å². The number of nitrogens with zero attached hydrogens (tertiary/aromatic N) is 1. The second-order valence-electron chi connectivity index (χ2n) is 3.41. The molecule has 0 unspecified atom stereocenters. The van der Waals surface area contributed by atoms with Gasteiger partial charge in [-0.2, -0.15) is 5.26 Å². The van der Waals surface area contributed by atoms with Crippen molar-refractivity contribution in [1.82, 2.24) is 0 Å². The standard InChI is InChI=1S/C13H8F2N2/c14-10-5-6-12(9(7-10)8-16)17-13-4-2-1-3-11(13)15/h1-7,17H. The fourth-order valence-electron chi connectivity index (χ4n) is 1.43. The van der Waals surface area contributed by atoms with E-state index in [0.29, 0.717) is 5.69 Å². The minimum absolute atomic E-state index is 0.133. The van der Waals surface area contributed by atoms with Gasteiger partial charge in [0.2, 0.25) is 0 Å². The molecule has 0 aliphatic carbocycles. The molecule has 84 valence electrons. The monoisotopic (exact) mass is 230 g/mol. The first-order valence-corrected chi connectivity index (χ1v) is 4.92. The first-order chi connectivity index (χ1) is 8.20. The first-order valence-electron chi connectivity index (χ1n) is 4.92. The predicted octanol–water partition coefficient (Wildman–Crippen LogP) is 3.58. The van der Waals surface area contributed by atoms with Gasteiger partial charge in [0, 0.05) is 0 Å². The van der Waals surface area contributed by atoms with Crippen molar-refractivity contribution < 1.29 is 8.78 Å². The third-order valence-electron chi connectivity index (χ3n) is 2.25. The van der Waals surface area contributed by atoms with Gasteiger partial charge in [-0.25, -0.2) is 8.78 Å². The highest BCUT2D eigenvalue weighted by molar-refractivity contribution is 5.66. The zero-order chi connectivity index (χ0) is 12.3. The summed E-state index contributed by atoms with van der Waals surface area (Å²) in [6.45, 7) is 0. The minimum atomic E-state index is -0.499. The molecule has 2 aromatic carbocycles. The third kappa shape index (κ3) is 2.40. The molecule has 0 fully saturated rings. The number of rotatable bonds is 2. The van der Waals surface area contributed by atoms with E-state index >= 15 is 0 Å². The Balaban J connectivity index is 2.37. The Labute approximate surface area is 97.1 Å². The second kappa shape index (κ2) is 4.62. The molecule has 0 aliphatic heterocycles. The molecular weight excluding hydrogens is 222 g/mol. The number of hydrogen-bond donors (Lipinski definition) is 1. The summed E-state index contributed by atoms with van der Waals surface area (Å²) in [7, 11) is 0. The molecule has 1 N–H and O–H groups in total. The lowest BCUT2D eigenvalue weighted by Crippen LogP contribution is -1.96. The van der Waals surface area contributed by atoms with Crippen LogP contribution in [0.15, 0.2) is 42.5 Å². The molecule has 0 spiro atoms. The molecule has 0 heterocycles. The Bertz CT molecular complexity index is 588. The summed E-state index contributed by atoms with van der Waals surface area (Å²) in [4.78, 5) is 0. The Hall–Kier alpha value is -2.41. The molecule has 2 aromatic rings. The largest absolute Gasteiger partial charge is 0.352 e. The Morgan fingerprint density at radius 1 is 1.00 bits per heavy atom. The number of halogens is 2. The molecule has 0 saturated heterocycles. The van der Waals surface area contributed by atoms with Gasteiger partial charge in [-0.1, -0.05) is 12.1 Å². The zero-order valence-electron chi connectivity index (χ0n) is 8.74. The smallest absolute Gasteiger partial charge is 0.146 e. The van der Waals surface area contributed by atoms with Crippen molar-refractivity contribution >= 4 is 11.4 Å². The van der Waals surface area contributed by atoms with Crippen LogP contribution in [0, 0.1) is 23.0 Å². The van der Waals surface area contributed by atoms with Gasteiger partial charge in [-0.3, -0.25) is 0 Å². The van der Waals surface area contributed by atoms with E-state index < -0.39 is 11.6 Å². The van der Waals surface area contributed by atoms with E-state index in [0.717, 1.165) is 6.07 Å². The summed E-state index contributed by atoms with van der Waals surface area (Å²) in [6, 6.07) is 11.6. The van der Waals surface area contributed by atoms with Crippen LogP contribution in [0.5, 0.6) is 0 Å². The molecule has 0 atom stereocenters. The van der Waals surface area contributed by atoms with Crippen molar-refractivity contribution in [3.63, 3.8) is 0 Å². The lowest BCUT2D eigenvalue weighted by Gasteiger charge is -2.08. The second-order valence-corrected chi connectivity index (χ2v) is 3.41. The number of anilines is 2. The molecule has 17 heavy (non-hydrogen) atoms. The van der Waals surface area contributed by atoms with Gasteiger partial charge in [0.05, 0.1) is 16.9 Å². The van der Waals surface area contributed by atoms with Crippen molar-refractivity contribution in [2.45, 2.75) is 0 Å². The maximum atomic E-state index is 13.4. The van der Waals surface area contributed by atoms with Crippen molar-refractivity contribution in [2.75, 3.05) is 5.32 Å². The highest BCUT2D eigenvalue weighted by Crippen LogP contribution is 2.23. The molecule has 0 saturated carbocycles. The van der Waals surface area contributed by atoms with Crippen LogP contribution in [0.2, 0.25) is 0 Å². The Kier molecular flexibility index (Phi) is 3.01. The molecular formula is C13H8F2N2. The SMILES string of the molecule is N#Cc1cc(F)ccc1Nc1ccccc1F. The van der Waals surface area contributed by atoms with Gasteiger partial charge in [0.15, 0.2) is 0 Å². The molecule has 4 heteroatoms.